The number of rotatable bonds is 3. The number of carbonyl (C=O) groups is 2. The number of aryl methyl sites for hydroxylation is 1. The molecule has 1 amide bonds. The number of aliphatic hydroxyl groups excluding tert-OH is 1. The molecular weight excluding hydrogens is 621 g/mol. The topological polar surface area (TPSA) is 108 Å². The summed E-state index contributed by atoms with van der Waals surface area (Å²) in [6.07, 6.45) is 0. The van der Waals surface area contributed by atoms with Gasteiger partial charge in [-0.2, -0.15) is 10.1 Å². The van der Waals surface area contributed by atoms with E-state index in [-0.39, 0.29) is 75.2 Å². The lowest BCUT2D eigenvalue weighted by Crippen LogP contribution is -2.31. The van der Waals surface area contributed by atoms with E-state index in [1.54, 1.807) is 0 Å². The largest absolute Gasteiger partial charge is 0.506 e. The standard InChI is InChI=1S/C24H12Cl6N4O4/c1-7-15(23(37)33(31-7)19-11(27)3-9(25)4-12(19)28)17-21(35)18(22(17)36)16-8(2)32-34(24(16)38)20-13(29)5-10(26)6-14(20)30/h3-6,31,35H,1-2H3/b18-16+. The first-order valence-electron chi connectivity index (χ1n) is 10.6. The van der Waals surface area contributed by atoms with Crippen LogP contribution >= 0.6 is 69.6 Å². The van der Waals surface area contributed by atoms with Crippen LogP contribution in [0.15, 0.2) is 51.1 Å². The van der Waals surface area contributed by atoms with Crippen molar-refractivity contribution in [3.8, 4) is 5.69 Å². The molecule has 0 bridgehead atoms. The molecule has 8 nitrogen and oxygen atoms in total. The van der Waals surface area contributed by atoms with Gasteiger partial charge in [0.2, 0.25) is 5.78 Å². The predicted octanol–water partition coefficient (Wildman–Crippen LogP) is 6.97. The molecule has 0 unspecified atom stereocenters. The summed E-state index contributed by atoms with van der Waals surface area (Å²) in [7, 11) is 0. The smallest absolute Gasteiger partial charge is 0.281 e. The van der Waals surface area contributed by atoms with Gasteiger partial charge in [0.1, 0.15) is 17.1 Å². The molecule has 0 atom stereocenters. The van der Waals surface area contributed by atoms with E-state index in [0.717, 1.165) is 9.69 Å². The highest BCUT2D eigenvalue weighted by atomic mass is 35.5. The lowest BCUT2D eigenvalue weighted by atomic mass is 9.80. The van der Waals surface area contributed by atoms with E-state index in [2.05, 4.69) is 10.2 Å². The molecule has 2 heterocycles. The summed E-state index contributed by atoms with van der Waals surface area (Å²) in [5.41, 5.74) is -0.961. The Hall–Kier alpha value is -2.72. The normalized spacial score (nSPS) is 17.5. The van der Waals surface area contributed by atoms with Crippen molar-refractivity contribution in [3.63, 3.8) is 0 Å². The highest BCUT2D eigenvalue weighted by Crippen LogP contribution is 2.43. The van der Waals surface area contributed by atoms with E-state index in [1.165, 1.54) is 38.1 Å². The van der Waals surface area contributed by atoms with Crippen LogP contribution in [0.1, 0.15) is 18.2 Å². The third-order valence-corrected chi connectivity index (χ3v) is 7.50. The van der Waals surface area contributed by atoms with Crippen LogP contribution in [0.25, 0.3) is 11.3 Å². The van der Waals surface area contributed by atoms with Gasteiger partial charge in [-0.05, 0) is 38.1 Å². The van der Waals surface area contributed by atoms with Crippen molar-refractivity contribution < 1.29 is 14.7 Å². The van der Waals surface area contributed by atoms with Crippen LogP contribution in [0.5, 0.6) is 0 Å². The lowest BCUT2D eigenvalue weighted by molar-refractivity contribution is -0.115. The van der Waals surface area contributed by atoms with Gasteiger partial charge < -0.3 is 5.11 Å². The Labute approximate surface area is 244 Å². The highest BCUT2D eigenvalue weighted by molar-refractivity contribution is 6.47. The molecule has 0 saturated carbocycles. The SMILES string of the molecule is CC1=NN(c2c(Cl)cc(Cl)cc2Cl)C(=O)/C1=C1/C(=O)C(c2c(C)[nH]n(-c3c(Cl)cc(Cl)cc3Cl)c2=O)=C1O. The molecule has 5 rings (SSSR count). The maximum Gasteiger partial charge on any atom is 0.281 e. The number of benzene rings is 2. The number of aromatic amines is 1. The molecule has 0 fully saturated rings. The lowest BCUT2D eigenvalue weighted by Gasteiger charge is -2.22. The number of nitrogens with zero attached hydrogens (tertiary/aromatic N) is 3. The highest BCUT2D eigenvalue weighted by Gasteiger charge is 2.45. The number of halogens is 6. The number of anilines is 1. The third-order valence-electron chi connectivity index (χ3n) is 5.92. The summed E-state index contributed by atoms with van der Waals surface area (Å²) in [5, 5.41) is 19.7. The van der Waals surface area contributed by atoms with Crippen molar-refractivity contribution in [2.75, 3.05) is 5.01 Å². The molecule has 0 spiro atoms. The molecule has 1 aromatic heterocycles. The van der Waals surface area contributed by atoms with Gasteiger partial charge in [-0.25, -0.2) is 4.68 Å². The number of hydrogen-bond donors (Lipinski definition) is 2. The van der Waals surface area contributed by atoms with E-state index in [1.807, 2.05) is 0 Å². The average molecular weight is 633 g/mol. The zero-order valence-corrected chi connectivity index (χ0v) is 23.6. The maximum atomic E-state index is 13.3. The van der Waals surface area contributed by atoms with Crippen LogP contribution in [-0.2, 0) is 9.59 Å². The predicted molar refractivity (Wildman–Crippen MR) is 150 cm³/mol. The van der Waals surface area contributed by atoms with Gasteiger partial charge >= 0.3 is 0 Å². The van der Waals surface area contributed by atoms with Gasteiger partial charge in [-0.3, -0.25) is 19.5 Å². The Morgan fingerprint density at radius 1 is 0.763 bits per heavy atom. The molecule has 0 radical (unpaired) electrons. The van der Waals surface area contributed by atoms with Crippen molar-refractivity contribution in [1.29, 1.82) is 0 Å². The molecule has 0 saturated heterocycles. The van der Waals surface area contributed by atoms with Crippen LogP contribution in [0, 0.1) is 6.92 Å². The number of hydrazone groups is 1. The van der Waals surface area contributed by atoms with E-state index in [4.69, 9.17) is 69.6 Å². The molecular formula is C24H12Cl6N4O4. The second-order valence-electron chi connectivity index (χ2n) is 8.29. The minimum Gasteiger partial charge on any atom is -0.506 e. The first kappa shape index (κ1) is 26.9. The van der Waals surface area contributed by atoms with Crippen LogP contribution in [0.2, 0.25) is 30.1 Å². The Morgan fingerprint density at radius 3 is 1.76 bits per heavy atom. The fourth-order valence-corrected chi connectivity index (χ4v) is 6.26. The summed E-state index contributed by atoms with van der Waals surface area (Å²) < 4.78 is 1.05. The van der Waals surface area contributed by atoms with Crippen molar-refractivity contribution in [2.24, 2.45) is 5.10 Å². The van der Waals surface area contributed by atoms with Crippen LogP contribution < -0.4 is 10.6 Å². The van der Waals surface area contributed by atoms with Crippen molar-refractivity contribution in [3.05, 3.63) is 92.9 Å². The number of hydrogen-bond acceptors (Lipinski definition) is 5. The molecule has 3 aromatic rings. The molecule has 1 aliphatic heterocycles. The summed E-state index contributed by atoms with van der Waals surface area (Å²) in [5.74, 6) is -2.01. The summed E-state index contributed by atoms with van der Waals surface area (Å²) >= 11 is 36.9. The van der Waals surface area contributed by atoms with Crippen molar-refractivity contribution in [2.45, 2.75) is 13.8 Å². The second-order valence-corrected chi connectivity index (χ2v) is 10.8. The molecule has 194 valence electrons. The second kappa shape index (κ2) is 9.48. The Morgan fingerprint density at radius 2 is 1.26 bits per heavy atom. The van der Waals surface area contributed by atoms with E-state index >= 15 is 0 Å². The third kappa shape index (κ3) is 3.99. The number of H-pyrrole nitrogens is 1. The monoisotopic (exact) mass is 630 g/mol. The number of allylic oxidation sites excluding steroid dienone is 2. The number of nitrogens with one attached hydrogen (secondary N) is 1. The minimum atomic E-state index is -0.745. The molecule has 38 heavy (non-hydrogen) atoms. The van der Waals surface area contributed by atoms with Gasteiger partial charge in [0.05, 0.1) is 48.1 Å². The van der Waals surface area contributed by atoms with Gasteiger partial charge in [0, 0.05) is 15.7 Å². The van der Waals surface area contributed by atoms with Crippen molar-refractivity contribution >= 4 is 98.3 Å². The van der Waals surface area contributed by atoms with Crippen LogP contribution in [0.4, 0.5) is 5.69 Å². The fraction of sp³-hybridized carbons (Fsp3) is 0.0833. The Balaban J connectivity index is 1.61. The summed E-state index contributed by atoms with van der Waals surface area (Å²) in [4.78, 5) is 39.9. The number of carbonyl (C=O) groups excluding carboxylic acids is 2. The van der Waals surface area contributed by atoms with Gasteiger partial charge in [-0.15, -0.1) is 0 Å². The van der Waals surface area contributed by atoms with E-state index in [0.29, 0.717) is 0 Å². The average Bonchev–Trinajstić information content (AvgIpc) is 3.23. The number of ketones is 1. The zero-order chi connectivity index (χ0) is 27.8. The Bertz CT molecular complexity index is 1740. The molecule has 2 aromatic carbocycles. The first-order chi connectivity index (χ1) is 17.8. The maximum absolute atomic E-state index is 13.3. The van der Waals surface area contributed by atoms with E-state index < -0.39 is 23.0 Å². The molecule has 2 aliphatic rings. The summed E-state index contributed by atoms with van der Waals surface area (Å²) in [6.45, 7) is 3.01. The van der Waals surface area contributed by atoms with E-state index in [9.17, 15) is 19.5 Å². The molecule has 14 heteroatoms. The first-order valence-corrected chi connectivity index (χ1v) is 12.8. The van der Waals surface area contributed by atoms with Crippen molar-refractivity contribution in [1.82, 2.24) is 9.78 Å². The Kier molecular flexibility index (Phi) is 6.70. The molecule has 1 aliphatic carbocycles. The zero-order valence-electron chi connectivity index (χ0n) is 19.1. The summed E-state index contributed by atoms with van der Waals surface area (Å²) in [6, 6.07) is 5.57. The number of aliphatic hydroxyl groups is 1. The van der Waals surface area contributed by atoms with Crippen LogP contribution in [0.3, 0.4) is 0 Å². The molecule has 2 N–H and O–H groups in total. The number of aromatic nitrogens is 2. The quantitative estimate of drug-likeness (QED) is 0.304. The number of Topliss-reactive ketones (excluding diaryl/α,β-unsaturated/α-hetero) is 1. The van der Waals surface area contributed by atoms with Gasteiger partial charge in [-0.1, -0.05) is 69.6 Å². The van der Waals surface area contributed by atoms with Crippen LogP contribution in [-0.4, -0.2) is 32.3 Å². The van der Waals surface area contributed by atoms with Gasteiger partial charge in [0.25, 0.3) is 11.5 Å². The fourth-order valence-electron chi connectivity index (χ4n) is 4.30. The van der Waals surface area contributed by atoms with Gasteiger partial charge in [0.15, 0.2) is 0 Å². The minimum absolute atomic E-state index is 0.0575. The number of amides is 1.